The highest BCUT2D eigenvalue weighted by Crippen LogP contribution is 2.31. The number of aryl methyl sites for hydroxylation is 1. The fourth-order valence-electron chi connectivity index (χ4n) is 4.77. The number of ether oxygens (including phenoxy) is 1. The molecule has 0 aromatic heterocycles. The van der Waals surface area contributed by atoms with Crippen molar-refractivity contribution in [1.82, 2.24) is 0 Å². The fourth-order valence-corrected chi connectivity index (χ4v) is 4.77. The van der Waals surface area contributed by atoms with Gasteiger partial charge in [-0.3, -0.25) is 0 Å². The van der Waals surface area contributed by atoms with Crippen LogP contribution in [-0.4, -0.2) is 12.1 Å². The highest BCUT2D eigenvalue weighted by molar-refractivity contribution is 5.89. The van der Waals surface area contributed by atoms with E-state index in [9.17, 15) is 4.79 Å². The van der Waals surface area contributed by atoms with E-state index in [1.807, 2.05) is 6.07 Å². The Bertz CT molecular complexity index is 682. The zero-order valence-corrected chi connectivity index (χ0v) is 17.4. The Morgan fingerprint density at radius 1 is 1.07 bits per heavy atom. The molecule has 1 saturated carbocycles. The summed E-state index contributed by atoms with van der Waals surface area (Å²) < 4.78 is 5.72. The summed E-state index contributed by atoms with van der Waals surface area (Å²) in [4.78, 5) is 12.6. The van der Waals surface area contributed by atoms with E-state index in [1.165, 1.54) is 56.1 Å². The van der Waals surface area contributed by atoms with Crippen molar-refractivity contribution in [1.29, 1.82) is 5.26 Å². The van der Waals surface area contributed by atoms with E-state index >= 15 is 0 Å². The normalized spacial score (nSPS) is 24.2. The first-order valence-electron chi connectivity index (χ1n) is 11.4. The van der Waals surface area contributed by atoms with E-state index in [0.29, 0.717) is 5.56 Å². The summed E-state index contributed by atoms with van der Waals surface area (Å²) in [5, 5.41) is 8.99. The zero-order valence-electron chi connectivity index (χ0n) is 17.4. The lowest BCUT2D eigenvalue weighted by Gasteiger charge is -2.26. The van der Waals surface area contributed by atoms with E-state index in [2.05, 4.69) is 25.1 Å². The van der Waals surface area contributed by atoms with E-state index in [4.69, 9.17) is 10.00 Å². The minimum absolute atomic E-state index is 0.0229. The largest absolute Gasteiger partial charge is 0.459 e. The molecule has 0 amide bonds. The molecule has 3 rings (SSSR count). The lowest BCUT2D eigenvalue weighted by atomic mass is 9.81. The van der Waals surface area contributed by atoms with Crippen LogP contribution < -0.4 is 0 Å². The summed E-state index contributed by atoms with van der Waals surface area (Å²) in [7, 11) is 0. The molecule has 0 heterocycles. The summed E-state index contributed by atoms with van der Waals surface area (Å²) in [6, 6.07) is 8.50. The van der Waals surface area contributed by atoms with Crippen molar-refractivity contribution in [3.05, 3.63) is 34.9 Å². The highest BCUT2D eigenvalue weighted by Gasteiger charge is 2.25. The van der Waals surface area contributed by atoms with Crippen LogP contribution in [0.4, 0.5) is 0 Å². The standard InChI is InChI=1S/C25H35NO2/c1-2-3-4-5-6-7-19-8-11-22-17-23(13-12-21(22)16-19)25(27)28-24-14-9-20(18-26)10-15-24/h12-13,17,19-20,24H,2-11,14-16H2,1H3/t19?,20-,24-. The Morgan fingerprint density at radius 3 is 2.61 bits per heavy atom. The minimum Gasteiger partial charge on any atom is -0.459 e. The summed E-state index contributed by atoms with van der Waals surface area (Å²) in [5.41, 5.74) is 3.46. The molecule has 0 saturated heterocycles. The number of nitriles is 1. The van der Waals surface area contributed by atoms with Gasteiger partial charge in [0.2, 0.25) is 0 Å². The average molecular weight is 382 g/mol. The van der Waals surface area contributed by atoms with Crippen LogP contribution in [0.3, 0.4) is 0 Å². The van der Waals surface area contributed by atoms with Crippen LogP contribution in [0.25, 0.3) is 0 Å². The van der Waals surface area contributed by atoms with Gasteiger partial charge in [-0.05, 0) is 74.1 Å². The molecule has 0 spiro atoms. The Balaban J connectivity index is 1.48. The van der Waals surface area contributed by atoms with Gasteiger partial charge in [0.05, 0.1) is 11.6 Å². The minimum atomic E-state index is -0.193. The molecular formula is C25H35NO2. The van der Waals surface area contributed by atoms with Gasteiger partial charge in [0.15, 0.2) is 0 Å². The molecule has 3 nitrogen and oxygen atoms in total. The second-order valence-corrected chi connectivity index (χ2v) is 8.80. The molecule has 0 N–H and O–H groups in total. The van der Waals surface area contributed by atoms with Crippen LogP contribution in [0.1, 0.15) is 99.0 Å². The van der Waals surface area contributed by atoms with E-state index in [1.54, 1.807) is 0 Å². The van der Waals surface area contributed by atoms with Crippen molar-refractivity contribution in [2.75, 3.05) is 0 Å². The number of nitrogens with zero attached hydrogens (tertiary/aromatic N) is 1. The molecule has 0 radical (unpaired) electrons. The number of hydrogen-bond acceptors (Lipinski definition) is 3. The van der Waals surface area contributed by atoms with Crippen molar-refractivity contribution in [3.63, 3.8) is 0 Å². The number of rotatable bonds is 8. The SMILES string of the molecule is CCCCCCCC1CCc2cc(C(=O)O[C@H]3CC[C@H](C#N)CC3)ccc2C1. The van der Waals surface area contributed by atoms with Crippen molar-refractivity contribution in [2.45, 2.75) is 96.5 Å². The van der Waals surface area contributed by atoms with Gasteiger partial charge in [-0.15, -0.1) is 0 Å². The second-order valence-electron chi connectivity index (χ2n) is 8.80. The lowest BCUT2D eigenvalue weighted by molar-refractivity contribution is 0.0187. The van der Waals surface area contributed by atoms with Gasteiger partial charge in [0.25, 0.3) is 0 Å². The molecule has 3 heteroatoms. The number of hydrogen-bond donors (Lipinski definition) is 0. The average Bonchev–Trinajstić information content (AvgIpc) is 2.73. The third-order valence-electron chi connectivity index (χ3n) is 6.62. The van der Waals surface area contributed by atoms with Gasteiger partial charge in [-0.25, -0.2) is 4.79 Å². The van der Waals surface area contributed by atoms with Gasteiger partial charge in [0.1, 0.15) is 6.10 Å². The van der Waals surface area contributed by atoms with E-state index in [-0.39, 0.29) is 18.0 Å². The number of unbranched alkanes of at least 4 members (excludes halogenated alkanes) is 4. The Hall–Kier alpha value is -1.82. The first-order valence-corrected chi connectivity index (χ1v) is 11.4. The molecule has 1 fully saturated rings. The van der Waals surface area contributed by atoms with Crippen LogP contribution in [-0.2, 0) is 17.6 Å². The molecule has 0 bridgehead atoms. The molecule has 28 heavy (non-hydrogen) atoms. The first-order chi connectivity index (χ1) is 13.7. The maximum Gasteiger partial charge on any atom is 0.338 e. The smallest absolute Gasteiger partial charge is 0.338 e. The summed E-state index contributed by atoms with van der Waals surface area (Å²) in [5.74, 6) is 0.752. The van der Waals surface area contributed by atoms with Gasteiger partial charge in [-0.1, -0.05) is 51.5 Å². The van der Waals surface area contributed by atoms with Crippen LogP contribution in [0.15, 0.2) is 18.2 Å². The first kappa shape index (κ1) is 20.9. The van der Waals surface area contributed by atoms with Crippen molar-refractivity contribution >= 4 is 5.97 Å². The molecule has 152 valence electrons. The molecule has 2 aliphatic carbocycles. The van der Waals surface area contributed by atoms with Gasteiger partial charge < -0.3 is 4.74 Å². The van der Waals surface area contributed by atoms with Gasteiger partial charge in [-0.2, -0.15) is 5.26 Å². The third-order valence-corrected chi connectivity index (χ3v) is 6.62. The van der Waals surface area contributed by atoms with Gasteiger partial charge in [0, 0.05) is 5.92 Å². The second kappa shape index (κ2) is 10.6. The number of carbonyl (C=O) groups is 1. The Labute approximate surface area is 170 Å². The number of esters is 1. The predicted molar refractivity (Wildman–Crippen MR) is 112 cm³/mol. The predicted octanol–water partition coefficient (Wildman–Crippen LogP) is 6.39. The summed E-state index contributed by atoms with van der Waals surface area (Å²) >= 11 is 0. The Morgan fingerprint density at radius 2 is 1.86 bits per heavy atom. The summed E-state index contributed by atoms with van der Waals surface area (Å²) in [6.45, 7) is 2.27. The Kier molecular flexibility index (Phi) is 7.95. The molecule has 1 aromatic carbocycles. The number of carbonyl (C=O) groups excluding carboxylic acids is 1. The van der Waals surface area contributed by atoms with Crippen LogP contribution in [0.2, 0.25) is 0 Å². The topological polar surface area (TPSA) is 50.1 Å². The van der Waals surface area contributed by atoms with Crippen LogP contribution >= 0.6 is 0 Å². The molecule has 1 atom stereocenters. The maximum absolute atomic E-state index is 12.6. The zero-order chi connectivity index (χ0) is 19.8. The molecule has 1 unspecified atom stereocenters. The quantitative estimate of drug-likeness (QED) is 0.387. The van der Waals surface area contributed by atoms with Crippen molar-refractivity contribution in [2.24, 2.45) is 11.8 Å². The van der Waals surface area contributed by atoms with E-state index < -0.39 is 0 Å². The molecular weight excluding hydrogens is 346 g/mol. The van der Waals surface area contributed by atoms with Crippen molar-refractivity contribution in [3.8, 4) is 6.07 Å². The molecule has 0 aliphatic heterocycles. The molecule has 1 aromatic rings. The maximum atomic E-state index is 12.6. The highest BCUT2D eigenvalue weighted by atomic mass is 16.5. The monoisotopic (exact) mass is 381 g/mol. The van der Waals surface area contributed by atoms with Crippen LogP contribution in [0.5, 0.6) is 0 Å². The fraction of sp³-hybridized carbons (Fsp3) is 0.680. The van der Waals surface area contributed by atoms with E-state index in [0.717, 1.165) is 44.4 Å². The van der Waals surface area contributed by atoms with Crippen LogP contribution in [0, 0.1) is 23.2 Å². The summed E-state index contributed by atoms with van der Waals surface area (Å²) in [6.07, 6.45) is 14.9. The number of fused-ring (bicyclic) bond motifs is 1. The third kappa shape index (κ3) is 5.84. The lowest BCUT2D eigenvalue weighted by Crippen LogP contribution is -2.24. The van der Waals surface area contributed by atoms with Crippen molar-refractivity contribution < 1.29 is 9.53 Å². The number of benzene rings is 1. The molecule has 2 aliphatic rings. The van der Waals surface area contributed by atoms with Gasteiger partial charge >= 0.3 is 5.97 Å².